The van der Waals surface area contributed by atoms with Gasteiger partial charge < -0.3 is 14.4 Å². The number of morpholine rings is 1. The van der Waals surface area contributed by atoms with Crippen molar-refractivity contribution in [3.8, 4) is 5.75 Å². The second-order valence-electron chi connectivity index (χ2n) is 5.46. The van der Waals surface area contributed by atoms with Crippen LogP contribution in [0.25, 0.3) is 0 Å². The number of para-hydroxylation sites is 1. The summed E-state index contributed by atoms with van der Waals surface area (Å²) in [5, 5.41) is 0. The van der Waals surface area contributed by atoms with Crippen molar-refractivity contribution in [3.63, 3.8) is 0 Å². The van der Waals surface area contributed by atoms with E-state index in [1.165, 1.54) is 0 Å². The molecule has 1 aliphatic rings. The van der Waals surface area contributed by atoms with Crippen molar-refractivity contribution < 1.29 is 9.47 Å². The highest BCUT2D eigenvalue weighted by atomic mass is 32.2. The summed E-state index contributed by atoms with van der Waals surface area (Å²) in [7, 11) is 1.70. The van der Waals surface area contributed by atoms with Crippen LogP contribution in [0.4, 0.5) is 11.4 Å². The van der Waals surface area contributed by atoms with E-state index in [4.69, 9.17) is 9.47 Å². The second-order valence-corrected chi connectivity index (χ2v) is 6.30. The number of ether oxygens (including phenoxy) is 2. The first-order chi connectivity index (χ1) is 11.8. The fourth-order valence-electron chi connectivity index (χ4n) is 2.70. The third kappa shape index (κ3) is 3.91. The fourth-order valence-corrected chi connectivity index (χ4v) is 3.24. The molecule has 1 fully saturated rings. The van der Waals surface area contributed by atoms with Gasteiger partial charge in [-0.05, 0) is 30.5 Å². The summed E-state index contributed by atoms with van der Waals surface area (Å²) >= 11 is 1.70. The molecule has 2 aromatic carbocycles. The van der Waals surface area contributed by atoms with Crippen molar-refractivity contribution in [2.45, 2.75) is 4.90 Å². The molecule has 0 radical (unpaired) electrons. The topological polar surface area (TPSA) is 34.1 Å². The molecule has 1 saturated heterocycles. The van der Waals surface area contributed by atoms with Crippen LogP contribution in [0.1, 0.15) is 5.56 Å². The van der Waals surface area contributed by atoms with Gasteiger partial charge in [0.1, 0.15) is 5.75 Å². The van der Waals surface area contributed by atoms with E-state index in [0.29, 0.717) is 0 Å². The Hall–Kier alpha value is -1.98. The minimum absolute atomic E-state index is 0.775. The van der Waals surface area contributed by atoms with E-state index in [1.807, 2.05) is 24.4 Å². The Morgan fingerprint density at radius 2 is 1.96 bits per heavy atom. The predicted molar refractivity (Wildman–Crippen MR) is 102 cm³/mol. The first-order valence-corrected chi connectivity index (χ1v) is 9.22. The van der Waals surface area contributed by atoms with Gasteiger partial charge in [0.2, 0.25) is 0 Å². The maximum atomic E-state index is 5.57. The molecule has 4 nitrogen and oxygen atoms in total. The number of nitrogens with zero attached hydrogens (tertiary/aromatic N) is 2. The largest absolute Gasteiger partial charge is 0.496 e. The zero-order valence-electron chi connectivity index (χ0n) is 14.1. The molecule has 2 aromatic rings. The maximum Gasteiger partial charge on any atom is 0.129 e. The Labute approximate surface area is 147 Å². The van der Waals surface area contributed by atoms with E-state index in [2.05, 4.69) is 40.4 Å². The molecule has 0 amide bonds. The van der Waals surface area contributed by atoms with Crippen LogP contribution in [0.2, 0.25) is 0 Å². The number of hydrogen-bond donors (Lipinski definition) is 0. The van der Waals surface area contributed by atoms with Crippen LogP contribution in [-0.4, -0.2) is 45.9 Å². The highest BCUT2D eigenvalue weighted by molar-refractivity contribution is 7.98. The average Bonchev–Trinajstić information content (AvgIpc) is 2.67. The van der Waals surface area contributed by atoms with Crippen LogP contribution in [0.15, 0.2) is 52.4 Å². The van der Waals surface area contributed by atoms with Crippen LogP contribution in [-0.2, 0) is 4.74 Å². The Bertz CT molecular complexity index is 712. The van der Waals surface area contributed by atoms with Gasteiger partial charge in [0.05, 0.1) is 26.0 Å². The summed E-state index contributed by atoms with van der Waals surface area (Å²) < 4.78 is 11.0. The molecule has 24 heavy (non-hydrogen) atoms. The highest BCUT2D eigenvalue weighted by Crippen LogP contribution is 2.29. The lowest BCUT2D eigenvalue weighted by molar-refractivity contribution is 0.122. The Morgan fingerprint density at radius 1 is 1.17 bits per heavy atom. The lowest BCUT2D eigenvalue weighted by atomic mass is 10.1. The highest BCUT2D eigenvalue weighted by Gasteiger charge is 2.13. The van der Waals surface area contributed by atoms with E-state index in [0.717, 1.165) is 53.9 Å². The van der Waals surface area contributed by atoms with Crippen molar-refractivity contribution in [1.82, 2.24) is 0 Å². The number of thioether (sulfide) groups is 1. The molecule has 0 aliphatic carbocycles. The van der Waals surface area contributed by atoms with Gasteiger partial charge >= 0.3 is 0 Å². The van der Waals surface area contributed by atoms with Crippen LogP contribution in [0.3, 0.4) is 0 Å². The number of methoxy groups -OCH3 is 1. The zero-order valence-corrected chi connectivity index (χ0v) is 14.9. The monoisotopic (exact) mass is 342 g/mol. The summed E-state index contributed by atoms with van der Waals surface area (Å²) in [6.07, 6.45) is 3.93. The molecular formula is C19H22N2O2S. The molecule has 1 heterocycles. The standard InChI is InChI=1S/C19H22N2O2S/c1-22-18-13-16(21-9-11-23-12-10-21)8-7-15(18)14-20-17-5-3-4-6-19(17)24-2/h3-8,13-14H,9-12H2,1-2H3. The Kier molecular flexibility index (Phi) is 5.77. The minimum Gasteiger partial charge on any atom is -0.496 e. The van der Waals surface area contributed by atoms with Gasteiger partial charge in [-0.25, -0.2) is 0 Å². The van der Waals surface area contributed by atoms with Gasteiger partial charge in [0, 0.05) is 41.5 Å². The average molecular weight is 342 g/mol. The van der Waals surface area contributed by atoms with Gasteiger partial charge in [-0.2, -0.15) is 0 Å². The Morgan fingerprint density at radius 3 is 2.71 bits per heavy atom. The summed E-state index contributed by atoms with van der Waals surface area (Å²) in [6, 6.07) is 14.4. The van der Waals surface area contributed by atoms with Crippen molar-refractivity contribution in [2.75, 3.05) is 44.6 Å². The lowest BCUT2D eigenvalue weighted by Crippen LogP contribution is -2.36. The number of rotatable bonds is 5. The van der Waals surface area contributed by atoms with E-state index in [-0.39, 0.29) is 0 Å². The molecule has 3 rings (SSSR count). The quantitative estimate of drug-likeness (QED) is 0.607. The van der Waals surface area contributed by atoms with E-state index >= 15 is 0 Å². The summed E-state index contributed by atoms with van der Waals surface area (Å²) in [4.78, 5) is 8.12. The lowest BCUT2D eigenvalue weighted by Gasteiger charge is -2.29. The van der Waals surface area contributed by atoms with Gasteiger partial charge in [0.15, 0.2) is 0 Å². The van der Waals surface area contributed by atoms with Crippen LogP contribution in [0.5, 0.6) is 5.75 Å². The number of aliphatic imine (C=N–C) groups is 1. The second kappa shape index (κ2) is 8.22. The molecule has 0 unspecified atom stereocenters. The molecule has 0 aromatic heterocycles. The maximum absolute atomic E-state index is 5.57. The third-order valence-electron chi connectivity index (χ3n) is 4.02. The van der Waals surface area contributed by atoms with Gasteiger partial charge in [-0.15, -0.1) is 11.8 Å². The molecule has 0 spiro atoms. The zero-order chi connectivity index (χ0) is 16.8. The van der Waals surface area contributed by atoms with E-state index < -0.39 is 0 Å². The van der Waals surface area contributed by atoms with Gasteiger partial charge in [0.25, 0.3) is 0 Å². The van der Waals surface area contributed by atoms with Gasteiger partial charge in [-0.3, -0.25) is 4.99 Å². The van der Waals surface area contributed by atoms with Crippen molar-refractivity contribution in [2.24, 2.45) is 4.99 Å². The first kappa shape index (κ1) is 16.9. The molecule has 5 heteroatoms. The Balaban J connectivity index is 1.84. The fraction of sp³-hybridized carbons (Fsp3) is 0.316. The number of anilines is 1. The smallest absolute Gasteiger partial charge is 0.129 e. The first-order valence-electron chi connectivity index (χ1n) is 7.99. The molecule has 1 aliphatic heterocycles. The number of hydrogen-bond acceptors (Lipinski definition) is 5. The minimum atomic E-state index is 0.775. The molecule has 0 atom stereocenters. The van der Waals surface area contributed by atoms with Gasteiger partial charge in [-0.1, -0.05) is 12.1 Å². The van der Waals surface area contributed by atoms with Crippen molar-refractivity contribution >= 4 is 29.4 Å². The third-order valence-corrected chi connectivity index (χ3v) is 4.81. The van der Waals surface area contributed by atoms with E-state index in [9.17, 15) is 0 Å². The van der Waals surface area contributed by atoms with Crippen LogP contribution in [0, 0.1) is 0 Å². The molecular weight excluding hydrogens is 320 g/mol. The van der Waals surface area contributed by atoms with Crippen LogP contribution >= 0.6 is 11.8 Å². The molecule has 0 N–H and O–H groups in total. The predicted octanol–water partition coefficient (Wildman–Crippen LogP) is 4.00. The van der Waals surface area contributed by atoms with Crippen molar-refractivity contribution in [1.29, 1.82) is 0 Å². The summed E-state index contributed by atoms with van der Waals surface area (Å²) in [5.41, 5.74) is 3.12. The molecule has 0 saturated carbocycles. The SMILES string of the molecule is COc1cc(N2CCOCC2)ccc1C=Nc1ccccc1SC. The van der Waals surface area contributed by atoms with Crippen molar-refractivity contribution in [3.05, 3.63) is 48.0 Å². The summed E-state index contributed by atoms with van der Waals surface area (Å²) in [6.45, 7) is 3.38. The molecule has 126 valence electrons. The molecule has 0 bridgehead atoms. The van der Waals surface area contributed by atoms with Crippen LogP contribution < -0.4 is 9.64 Å². The van der Waals surface area contributed by atoms with E-state index in [1.54, 1.807) is 18.9 Å². The normalized spacial score (nSPS) is 15.0. The summed E-state index contributed by atoms with van der Waals surface area (Å²) in [5.74, 6) is 0.837. The number of benzene rings is 2.